The first-order valence-electron chi connectivity index (χ1n) is 42.1. The normalized spacial score (nSPS) is 11.3. The highest BCUT2D eigenvalue weighted by Gasteiger charge is 2.29. The lowest BCUT2D eigenvalue weighted by atomic mass is 10.2. The van der Waals surface area contributed by atoms with E-state index in [1.807, 2.05) is 106 Å². The number of carbonyl (C=O) groups excluding carboxylic acids is 10. The summed E-state index contributed by atoms with van der Waals surface area (Å²) in [6.07, 6.45) is 17.5. The number of rotatable bonds is 30. The first-order valence-corrected chi connectivity index (χ1v) is 42.1. The van der Waals surface area contributed by atoms with E-state index < -0.39 is 58.5 Å². The summed E-state index contributed by atoms with van der Waals surface area (Å²) in [6, 6.07) is 9.56. The molecule has 0 fully saturated rings. The second-order valence-electron chi connectivity index (χ2n) is 34.0. The molecular formula is C84H120N30O15. The van der Waals surface area contributed by atoms with Gasteiger partial charge in [-0.15, -0.1) is 0 Å². The topological polar surface area (TPSA) is 565 Å². The molecule has 0 aliphatic heterocycles. The van der Waals surface area contributed by atoms with Crippen molar-refractivity contribution in [2.45, 2.75) is 223 Å². The Morgan fingerprint density at radius 1 is 0.302 bits per heavy atom. The zero-order valence-corrected chi connectivity index (χ0v) is 76.7. The van der Waals surface area contributed by atoms with E-state index in [1.54, 1.807) is 53.5 Å². The van der Waals surface area contributed by atoms with Crippen molar-refractivity contribution in [1.82, 2.24) is 124 Å². The molecule has 0 saturated carbocycles. The molecule has 0 radical (unpaired) electrons. The van der Waals surface area contributed by atoms with Gasteiger partial charge in [0, 0.05) is 98.1 Å². The molecule has 45 heteroatoms. The quantitative estimate of drug-likeness (QED) is 0.0148. The van der Waals surface area contributed by atoms with E-state index in [-0.39, 0.29) is 94.4 Å². The van der Waals surface area contributed by atoms with Crippen molar-refractivity contribution in [2.75, 3.05) is 86.0 Å². The summed E-state index contributed by atoms with van der Waals surface area (Å²) in [5.74, 6) is 0.523. The van der Waals surface area contributed by atoms with Crippen LogP contribution in [0.25, 0.3) is 55.8 Å². The van der Waals surface area contributed by atoms with Gasteiger partial charge < -0.3 is 99.7 Å². The first-order chi connectivity index (χ1) is 61.0. The van der Waals surface area contributed by atoms with Gasteiger partial charge in [-0.3, -0.25) is 24.0 Å². The molecule has 10 aromatic heterocycles. The number of aromatic nitrogens is 20. The number of carbonyl (C=O) groups is 10. The Balaban J connectivity index is 0.000000221. The maximum Gasteiger partial charge on any atom is 0.410 e. The minimum absolute atomic E-state index is 0.0890. The first kappa shape index (κ1) is 102. The van der Waals surface area contributed by atoms with E-state index in [2.05, 4.69) is 133 Å². The van der Waals surface area contributed by atoms with E-state index >= 15 is 0 Å². The lowest BCUT2D eigenvalue weighted by Crippen LogP contribution is -2.39. The highest BCUT2D eigenvalue weighted by atomic mass is 16.6. The van der Waals surface area contributed by atoms with Gasteiger partial charge in [0.05, 0.1) is 31.6 Å². The van der Waals surface area contributed by atoms with Crippen molar-refractivity contribution in [1.29, 1.82) is 0 Å². The number of benzene rings is 1. The number of hydrogen-bond acceptors (Lipinski definition) is 30. The predicted octanol–water partition coefficient (Wildman–Crippen LogP) is 12.4. The molecule has 45 nitrogen and oxygen atoms in total. The Labute approximate surface area is 746 Å². The predicted molar refractivity (Wildman–Crippen MR) is 480 cm³/mol. The smallest absolute Gasteiger partial charge is 0.410 e. The van der Waals surface area contributed by atoms with Crippen molar-refractivity contribution in [3.05, 3.63) is 99.2 Å². The molecule has 129 heavy (non-hydrogen) atoms. The van der Waals surface area contributed by atoms with E-state index in [0.29, 0.717) is 111 Å². The van der Waals surface area contributed by atoms with E-state index in [9.17, 15) is 47.9 Å². The summed E-state index contributed by atoms with van der Waals surface area (Å²) in [5, 5.41) is 13.6. The van der Waals surface area contributed by atoms with E-state index in [4.69, 9.17) is 23.7 Å². The van der Waals surface area contributed by atoms with Gasteiger partial charge in [0.1, 0.15) is 87.2 Å². The largest absolute Gasteiger partial charge is 0.444 e. The molecule has 0 atom stereocenters. The molecular weight excluding hydrogens is 1670 g/mol. The highest BCUT2D eigenvalue weighted by Crippen LogP contribution is 2.23. The van der Waals surface area contributed by atoms with E-state index in [0.717, 1.165) is 37.7 Å². The molecule has 0 saturated heterocycles. The Kier molecular flexibility index (Phi) is 38.2. The molecule has 0 aliphatic rings. The Morgan fingerprint density at radius 2 is 0.574 bits per heavy atom. The van der Waals surface area contributed by atoms with Crippen LogP contribution in [0.3, 0.4) is 0 Å². The van der Waals surface area contributed by atoms with Gasteiger partial charge in [0.2, 0.25) is 29.5 Å². The summed E-state index contributed by atoms with van der Waals surface area (Å²) in [4.78, 5) is 205. The SMILES string of the molecule is CC(C)(C)OC(=O)N(CCC(=O)Nc1ncnc2nc[nH]c12)Cc1ccccc1.CCCCCCN(CCC(=O)Nc1ncnc2nc[nH]c12)C(=O)OC(C)(C)C.CCCN(CCC(=O)Nc1ncnc2nc[nH]c12)C(=O)OC(C)(C)C.CCN(CCC(=O)Nc1ncnc2nc[nH]c12)C(=O)OC(C)(C)C.CN(CCC(=O)Nc1ncnc2nc[nH]c12)C(=O)OC(C)(C)C. The number of hydrogen-bond donors (Lipinski definition) is 10. The molecule has 0 unspecified atom stereocenters. The Bertz CT molecular complexity index is 5470. The standard InChI is InChI=1S/C20H24N6O3.C19H30N6O3.C16H24N6O3.C15H22N6O3.C14H20N6O3/c1-20(2,3)29-19(28)26(11-14-7-5-4-6-8-14)10-9-15(27)25-18-16-17(22-12-21-16)23-13-24-18;1-5-6-7-8-10-25(18(27)28-19(2,3)4)11-9-14(26)24-17-15-16(21-12-20-15)22-13-23-17;1-5-7-22(15(24)25-16(2,3)4)8-6-11(23)21-14-12-13(18-9-17-12)19-10-20-14;1-5-21(14(23)24-15(2,3)4)7-6-10(22)20-13-11-12(17-8-16-11)18-9-19-13;1-14(2,3)23-13(22)20(4)6-5-9(21)19-12-10-11(16-7-15-10)17-8-18-12/h4-8,12-13H,9-11H2,1-3H3,(H2,21,22,23,24,25,27);12-13H,5-11H2,1-4H3,(H2,20,21,22,23,24,26);9-10H,5-8H2,1-4H3,(H2,17,18,19,20,21,23);8-9H,5-7H2,1-4H3,(H2,16,17,18,19,20,22);7-8H,5-6H2,1-4H3,(H2,15,16,17,18,19,21). The van der Waals surface area contributed by atoms with Crippen LogP contribution in [0.15, 0.2) is 93.6 Å². The highest BCUT2D eigenvalue weighted by molar-refractivity contribution is 6.00. The summed E-state index contributed by atoms with van der Waals surface area (Å²) in [5.41, 5.74) is 3.22. The summed E-state index contributed by atoms with van der Waals surface area (Å²) in [6.45, 7) is 36.2. The van der Waals surface area contributed by atoms with Crippen molar-refractivity contribution >= 4 is 145 Å². The number of nitrogens with one attached hydrogen (secondary N) is 10. The van der Waals surface area contributed by atoms with Crippen LogP contribution in [0.5, 0.6) is 0 Å². The van der Waals surface area contributed by atoms with Gasteiger partial charge in [0.25, 0.3) is 0 Å². The minimum atomic E-state index is -0.624. The van der Waals surface area contributed by atoms with Gasteiger partial charge in [-0.1, -0.05) is 63.4 Å². The summed E-state index contributed by atoms with van der Waals surface area (Å²) >= 11 is 0. The third kappa shape index (κ3) is 35.9. The molecule has 696 valence electrons. The van der Waals surface area contributed by atoms with Crippen LogP contribution >= 0.6 is 0 Å². The summed E-state index contributed by atoms with van der Waals surface area (Å²) < 4.78 is 26.9. The number of amides is 10. The lowest BCUT2D eigenvalue weighted by molar-refractivity contribution is -0.117. The molecule has 10 N–H and O–H groups in total. The van der Waals surface area contributed by atoms with Crippen LogP contribution in [0, 0.1) is 0 Å². The number of anilines is 5. The number of fused-ring (bicyclic) bond motifs is 5. The third-order valence-corrected chi connectivity index (χ3v) is 17.2. The monoisotopic (exact) mass is 1790 g/mol. The Morgan fingerprint density at radius 3 is 0.868 bits per heavy atom. The van der Waals surface area contributed by atoms with Crippen LogP contribution in [0.4, 0.5) is 53.1 Å². The lowest BCUT2D eigenvalue weighted by Gasteiger charge is -2.27. The molecule has 0 aliphatic carbocycles. The molecule has 10 amide bonds. The zero-order chi connectivity index (χ0) is 94.7. The number of H-pyrrole nitrogens is 5. The number of unbranched alkanes of at least 4 members (excludes halogenated alkanes) is 3. The van der Waals surface area contributed by atoms with Crippen LogP contribution in [0.2, 0.25) is 0 Å². The van der Waals surface area contributed by atoms with Gasteiger partial charge in [-0.25, -0.2) is 98.7 Å². The maximum absolute atomic E-state index is 12.6. The van der Waals surface area contributed by atoms with E-state index in [1.165, 1.54) is 82.9 Å². The Hall–Kier alpha value is -14.3. The fourth-order valence-electron chi connectivity index (χ4n) is 11.2. The molecule has 1 aromatic carbocycles. The van der Waals surface area contributed by atoms with Crippen molar-refractivity contribution in [3.8, 4) is 0 Å². The fraction of sp³-hybridized carbons (Fsp3) is 0.512. The maximum atomic E-state index is 12.6. The molecule has 10 heterocycles. The van der Waals surface area contributed by atoms with Gasteiger partial charge in [-0.05, 0) is 129 Å². The van der Waals surface area contributed by atoms with Crippen LogP contribution < -0.4 is 26.6 Å². The fourth-order valence-corrected chi connectivity index (χ4v) is 11.2. The van der Waals surface area contributed by atoms with Crippen LogP contribution in [-0.4, -0.2) is 272 Å². The van der Waals surface area contributed by atoms with Crippen molar-refractivity contribution < 1.29 is 71.6 Å². The van der Waals surface area contributed by atoms with Crippen molar-refractivity contribution in [3.63, 3.8) is 0 Å². The van der Waals surface area contributed by atoms with Crippen LogP contribution in [0.1, 0.15) is 194 Å². The molecule has 0 bridgehead atoms. The summed E-state index contributed by atoms with van der Waals surface area (Å²) in [7, 11) is 1.58. The second kappa shape index (κ2) is 48.4. The van der Waals surface area contributed by atoms with Gasteiger partial charge in [0.15, 0.2) is 57.3 Å². The number of ether oxygens (including phenoxy) is 5. The number of imidazole rings is 5. The average molecular weight is 1790 g/mol. The minimum Gasteiger partial charge on any atom is -0.444 e. The number of aromatic amines is 5. The molecule has 0 spiro atoms. The van der Waals surface area contributed by atoms with Gasteiger partial charge >= 0.3 is 30.5 Å². The van der Waals surface area contributed by atoms with Crippen LogP contribution in [-0.2, 0) is 54.2 Å². The molecule has 11 rings (SSSR count). The molecule has 11 aromatic rings. The van der Waals surface area contributed by atoms with Crippen molar-refractivity contribution in [2.24, 2.45) is 0 Å². The average Bonchev–Trinajstić information content (AvgIpc) is 1.73. The third-order valence-electron chi connectivity index (χ3n) is 17.2. The second-order valence-corrected chi connectivity index (χ2v) is 34.0. The number of nitrogens with zero attached hydrogens (tertiary/aromatic N) is 20. The zero-order valence-electron chi connectivity index (χ0n) is 76.7. The van der Waals surface area contributed by atoms with Gasteiger partial charge in [-0.2, -0.15) is 0 Å².